The van der Waals surface area contributed by atoms with Crippen LogP contribution in [0.5, 0.6) is 0 Å². The Bertz CT molecular complexity index is 786. The SMILES string of the molecule is Cc1ccc2c(CC(=O)NC3(C(=O)O)CCOCC3)coc2c1C. The largest absolute Gasteiger partial charge is 0.480 e. The van der Waals surface area contributed by atoms with Gasteiger partial charge in [-0.3, -0.25) is 4.79 Å². The number of ether oxygens (including phenoxy) is 1. The summed E-state index contributed by atoms with van der Waals surface area (Å²) in [4.78, 5) is 24.0. The molecule has 0 saturated carbocycles. The maximum absolute atomic E-state index is 12.4. The van der Waals surface area contributed by atoms with E-state index in [1.165, 1.54) is 0 Å². The lowest BCUT2D eigenvalue weighted by molar-refractivity contribution is -0.152. The van der Waals surface area contributed by atoms with Gasteiger partial charge in [0.2, 0.25) is 5.91 Å². The third-order valence-electron chi connectivity index (χ3n) is 4.83. The number of rotatable bonds is 4. The van der Waals surface area contributed by atoms with Crippen LogP contribution < -0.4 is 5.32 Å². The fourth-order valence-corrected chi connectivity index (χ4v) is 3.12. The summed E-state index contributed by atoms with van der Waals surface area (Å²) in [6.45, 7) is 4.65. The number of furan rings is 1. The average molecular weight is 331 g/mol. The first-order chi connectivity index (χ1) is 11.4. The van der Waals surface area contributed by atoms with E-state index in [4.69, 9.17) is 9.15 Å². The molecule has 2 N–H and O–H groups in total. The number of nitrogens with one attached hydrogen (secondary N) is 1. The maximum atomic E-state index is 12.4. The molecule has 0 spiro atoms. The van der Waals surface area contributed by atoms with Crippen molar-refractivity contribution in [2.45, 2.75) is 38.6 Å². The van der Waals surface area contributed by atoms with E-state index < -0.39 is 11.5 Å². The second-order valence-corrected chi connectivity index (χ2v) is 6.37. The van der Waals surface area contributed by atoms with Gasteiger partial charge < -0.3 is 19.6 Å². The molecule has 6 nitrogen and oxygen atoms in total. The minimum Gasteiger partial charge on any atom is -0.480 e. The molecular weight excluding hydrogens is 310 g/mol. The van der Waals surface area contributed by atoms with E-state index in [9.17, 15) is 14.7 Å². The van der Waals surface area contributed by atoms with E-state index in [0.717, 1.165) is 27.7 Å². The first kappa shape index (κ1) is 16.5. The Kier molecular flexibility index (Phi) is 4.32. The van der Waals surface area contributed by atoms with Crippen LogP contribution in [-0.2, 0) is 20.7 Å². The summed E-state index contributed by atoms with van der Waals surface area (Å²) in [5.41, 5.74) is 2.47. The number of benzene rings is 1. The molecule has 1 saturated heterocycles. The van der Waals surface area contributed by atoms with Crippen molar-refractivity contribution in [3.05, 3.63) is 35.1 Å². The van der Waals surface area contributed by atoms with Crippen molar-refractivity contribution in [1.82, 2.24) is 5.32 Å². The van der Waals surface area contributed by atoms with Crippen LogP contribution in [-0.4, -0.2) is 35.7 Å². The number of carbonyl (C=O) groups excluding carboxylic acids is 1. The summed E-state index contributed by atoms with van der Waals surface area (Å²) in [5, 5.41) is 13.1. The standard InChI is InChI=1S/C18H21NO5/c1-11-3-4-14-13(10-24-16(14)12(11)2)9-15(20)19-18(17(21)22)5-7-23-8-6-18/h3-4,10H,5-9H2,1-2H3,(H,19,20)(H,21,22). The minimum atomic E-state index is -1.23. The molecule has 0 aliphatic carbocycles. The van der Waals surface area contributed by atoms with E-state index >= 15 is 0 Å². The molecule has 1 aromatic carbocycles. The summed E-state index contributed by atoms with van der Waals surface area (Å²) >= 11 is 0. The summed E-state index contributed by atoms with van der Waals surface area (Å²) in [6, 6.07) is 3.93. The Hall–Kier alpha value is -2.34. The summed E-state index contributed by atoms with van der Waals surface area (Å²) in [6.07, 6.45) is 2.22. The number of hydrogen-bond donors (Lipinski definition) is 2. The lowest BCUT2D eigenvalue weighted by Crippen LogP contribution is -2.57. The second kappa shape index (κ2) is 6.28. The van der Waals surface area contributed by atoms with Crippen molar-refractivity contribution in [3.63, 3.8) is 0 Å². The third-order valence-corrected chi connectivity index (χ3v) is 4.83. The highest BCUT2D eigenvalue weighted by Gasteiger charge is 2.41. The van der Waals surface area contributed by atoms with Crippen molar-refractivity contribution in [1.29, 1.82) is 0 Å². The zero-order valence-electron chi connectivity index (χ0n) is 13.8. The zero-order chi connectivity index (χ0) is 17.3. The molecule has 1 aliphatic rings. The van der Waals surface area contributed by atoms with Gasteiger partial charge in [0.05, 0.1) is 12.7 Å². The predicted octanol–water partition coefficient (Wildman–Crippen LogP) is 2.34. The molecule has 3 rings (SSSR count). The number of fused-ring (bicyclic) bond motifs is 1. The molecule has 0 unspecified atom stereocenters. The lowest BCUT2D eigenvalue weighted by atomic mass is 9.89. The molecule has 128 valence electrons. The summed E-state index contributed by atoms with van der Waals surface area (Å²) < 4.78 is 10.8. The number of carboxylic acids is 1. The van der Waals surface area contributed by atoms with Gasteiger partial charge in [0.1, 0.15) is 11.1 Å². The van der Waals surface area contributed by atoms with E-state index in [2.05, 4.69) is 5.32 Å². The number of aryl methyl sites for hydroxylation is 2. The van der Waals surface area contributed by atoms with Gasteiger partial charge in [0.15, 0.2) is 0 Å². The number of carbonyl (C=O) groups is 2. The molecular formula is C18H21NO5. The summed E-state index contributed by atoms with van der Waals surface area (Å²) in [7, 11) is 0. The molecule has 24 heavy (non-hydrogen) atoms. The van der Waals surface area contributed by atoms with Crippen LogP contribution >= 0.6 is 0 Å². The van der Waals surface area contributed by atoms with Crippen molar-refractivity contribution >= 4 is 22.8 Å². The number of aliphatic carboxylic acids is 1. The molecule has 0 bridgehead atoms. The molecule has 1 fully saturated rings. The Labute approximate surface area is 139 Å². The molecule has 6 heteroatoms. The van der Waals surface area contributed by atoms with E-state index in [1.807, 2.05) is 26.0 Å². The van der Waals surface area contributed by atoms with Gasteiger partial charge in [0.25, 0.3) is 0 Å². The van der Waals surface area contributed by atoms with Crippen molar-refractivity contribution in [2.75, 3.05) is 13.2 Å². The molecule has 2 heterocycles. The average Bonchev–Trinajstić information content (AvgIpc) is 2.95. The van der Waals surface area contributed by atoms with Crippen LogP contribution in [0.25, 0.3) is 11.0 Å². The maximum Gasteiger partial charge on any atom is 0.329 e. The van der Waals surface area contributed by atoms with Crippen molar-refractivity contribution in [2.24, 2.45) is 0 Å². The van der Waals surface area contributed by atoms with E-state index in [1.54, 1.807) is 6.26 Å². The lowest BCUT2D eigenvalue weighted by Gasteiger charge is -2.33. The highest BCUT2D eigenvalue weighted by Crippen LogP contribution is 2.27. The highest BCUT2D eigenvalue weighted by atomic mass is 16.5. The van der Waals surface area contributed by atoms with Gasteiger partial charge in [-0.25, -0.2) is 4.79 Å². The molecule has 0 atom stereocenters. The number of amides is 1. The van der Waals surface area contributed by atoms with Crippen LogP contribution in [0.15, 0.2) is 22.8 Å². The summed E-state index contributed by atoms with van der Waals surface area (Å²) in [5.74, 6) is -1.33. The smallest absolute Gasteiger partial charge is 0.329 e. The zero-order valence-corrected chi connectivity index (χ0v) is 13.8. The van der Waals surface area contributed by atoms with Crippen molar-refractivity contribution < 1.29 is 23.8 Å². The first-order valence-electron chi connectivity index (χ1n) is 8.01. The predicted molar refractivity (Wildman–Crippen MR) is 88.0 cm³/mol. The normalized spacial score (nSPS) is 16.9. The minimum absolute atomic E-state index is 0.0887. The van der Waals surface area contributed by atoms with E-state index in [0.29, 0.717) is 13.2 Å². The Morgan fingerprint density at radius 3 is 2.62 bits per heavy atom. The van der Waals surface area contributed by atoms with Crippen molar-refractivity contribution in [3.8, 4) is 0 Å². The van der Waals surface area contributed by atoms with Crippen LogP contribution in [0.3, 0.4) is 0 Å². The van der Waals surface area contributed by atoms with Gasteiger partial charge in [-0.05, 0) is 25.0 Å². The molecule has 2 aromatic rings. The van der Waals surface area contributed by atoms with Crippen LogP contribution in [0.1, 0.15) is 29.5 Å². The first-order valence-corrected chi connectivity index (χ1v) is 8.01. The van der Waals surface area contributed by atoms with Gasteiger partial charge >= 0.3 is 5.97 Å². The van der Waals surface area contributed by atoms with Gasteiger partial charge in [-0.1, -0.05) is 12.1 Å². The van der Waals surface area contributed by atoms with Crippen LogP contribution in [0.2, 0.25) is 0 Å². The van der Waals surface area contributed by atoms with E-state index in [-0.39, 0.29) is 25.2 Å². The topological polar surface area (TPSA) is 88.8 Å². The Balaban J connectivity index is 1.80. The fraction of sp³-hybridized carbons (Fsp3) is 0.444. The number of hydrogen-bond acceptors (Lipinski definition) is 4. The van der Waals surface area contributed by atoms with Gasteiger partial charge in [0, 0.05) is 37.0 Å². The van der Waals surface area contributed by atoms with Crippen LogP contribution in [0.4, 0.5) is 0 Å². The Morgan fingerprint density at radius 2 is 1.96 bits per heavy atom. The molecule has 0 radical (unpaired) electrons. The quantitative estimate of drug-likeness (QED) is 0.898. The van der Waals surface area contributed by atoms with Gasteiger partial charge in [-0.15, -0.1) is 0 Å². The second-order valence-electron chi connectivity index (χ2n) is 6.37. The van der Waals surface area contributed by atoms with Crippen LogP contribution in [0, 0.1) is 13.8 Å². The third kappa shape index (κ3) is 2.89. The molecule has 1 aliphatic heterocycles. The fourth-order valence-electron chi connectivity index (χ4n) is 3.12. The Morgan fingerprint density at radius 1 is 1.25 bits per heavy atom. The highest BCUT2D eigenvalue weighted by molar-refractivity contribution is 5.92. The monoisotopic (exact) mass is 331 g/mol. The number of carboxylic acid groups (broad SMARTS) is 1. The molecule has 1 amide bonds. The molecule has 1 aromatic heterocycles. The van der Waals surface area contributed by atoms with Gasteiger partial charge in [-0.2, -0.15) is 0 Å².